The van der Waals surface area contributed by atoms with E-state index in [1.165, 1.54) is 63.4 Å². The average molecular weight is 869 g/mol. The van der Waals surface area contributed by atoms with Gasteiger partial charge in [-0.3, -0.25) is 9.59 Å². The van der Waals surface area contributed by atoms with E-state index in [0.717, 1.165) is 19.9 Å². The summed E-state index contributed by atoms with van der Waals surface area (Å²) >= 11 is 0. The third kappa shape index (κ3) is 11.8. The number of carbonyl (C=O) groups excluding carboxylic acids is 3. The molecule has 0 spiro atoms. The van der Waals surface area contributed by atoms with Gasteiger partial charge >= 0.3 is 17.9 Å². The fourth-order valence-corrected chi connectivity index (χ4v) is 6.84. The lowest BCUT2D eigenvalue weighted by atomic mass is 9.96. The maximum Gasteiger partial charge on any atom is 0.331 e. The van der Waals surface area contributed by atoms with Gasteiger partial charge in [0, 0.05) is 19.9 Å². The highest BCUT2D eigenvalue weighted by Gasteiger charge is 2.55. The minimum Gasteiger partial charge on any atom is -0.504 e. The Morgan fingerprint density at radius 2 is 1.30 bits per heavy atom. The monoisotopic (exact) mass is 868 g/mol. The van der Waals surface area contributed by atoms with Crippen molar-refractivity contribution in [2.75, 3.05) is 20.3 Å². The lowest BCUT2D eigenvalue weighted by molar-refractivity contribution is -0.364. The zero-order chi connectivity index (χ0) is 44.7. The van der Waals surface area contributed by atoms with E-state index in [0.29, 0.717) is 11.1 Å². The van der Waals surface area contributed by atoms with Gasteiger partial charge in [0.25, 0.3) is 0 Å². The number of phenolic OH excluding ortho intramolecular Hbond substituents is 3. The predicted molar refractivity (Wildman–Crippen MR) is 202 cm³/mol. The third-order valence-electron chi connectivity index (χ3n) is 10.1. The van der Waals surface area contributed by atoms with Crippen molar-refractivity contribution in [2.24, 2.45) is 0 Å². The van der Waals surface area contributed by atoms with E-state index in [2.05, 4.69) is 0 Å². The summed E-state index contributed by atoms with van der Waals surface area (Å²) in [4.78, 5) is 38.7. The van der Waals surface area contributed by atoms with Crippen molar-refractivity contribution >= 4 is 24.0 Å². The smallest absolute Gasteiger partial charge is 0.331 e. The molecule has 0 unspecified atom stereocenters. The maximum atomic E-state index is 13.7. The van der Waals surface area contributed by atoms with Crippen molar-refractivity contribution in [1.82, 2.24) is 0 Å². The van der Waals surface area contributed by atoms with Crippen LogP contribution in [0.15, 0.2) is 42.5 Å². The fourth-order valence-electron chi connectivity index (χ4n) is 6.84. The van der Waals surface area contributed by atoms with Crippen LogP contribution in [0.3, 0.4) is 0 Å². The first-order chi connectivity index (χ1) is 28.9. The van der Waals surface area contributed by atoms with Gasteiger partial charge in [0.15, 0.2) is 60.2 Å². The van der Waals surface area contributed by atoms with Gasteiger partial charge in [-0.25, -0.2) is 4.79 Å². The molecule has 2 aromatic rings. The summed E-state index contributed by atoms with van der Waals surface area (Å²) in [5.74, 6) is -3.65. The van der Waals surface area contributed by atoms with Crippen molar-refractivity contribution in [3.8, 4) is 23.0 Å². The van der Waals surface area contributed by atoms with Crippen LogP contribution in [0.5, 0.6) is 23.0 Å². The topological polar surface area (TPSA) is 305 Å². The van der Waals surface area contributed by atoms with E-state index in [1.807, 2.05) is 0 Å². The molecule has 0 radical (unpaired) electrons. The van der Waals surface area contributed by atoms with Crippen LogP contribution in [0.25, 0.3) is 6.08 Å². The van der Waals surface area contributed by atoms with E-state index in [-0.39, 0.29) is 30.3 Å². The number of ether oxygens (including phenoxy) is 10. The van der Waals surface area contributed by atoms with Crippen LogP contribution in [-0.2, 0) is 63.4 Å². The molecule has 8 N–H and O–H groups in total. The van der Waals surface area contributed by atoms with E-state index in [9.17, 15) is 55.2 Å². The Bertz CT molecular complexity index is 1840. The van der Waals surface area contributed by atoms with Gasteiger partial charge < -0.3 is 88.2 Å². The van der Waals surface area contributed by atoms with Crippen molar-refractivity contribution in [1.29, 1.82) is 0 Å². The van der Waals surface area contributed by atoms with Crippen molar-refractivity contribution in [2.45, 2.75) is 126 Å². The summed E-state index contributed by atoms with van der Waals surface area (Å²) in [5, 5.41) is 82.9. The molecule has 3 saturated heterocycles. The molecule has 0 amide bonds. The number of hydrogen-bond acceptors (Lipinski definition) is 21. The molecule has 2 aromatic carbocycles. The molecule has 61 heavy (non-hydrogen) atoms. The average Bonchev–Trinajstić information content (AvgIpc) is 3.21. The van der Waals surface area contributed by atoms with Crippen molar-refractivity contribution in [3.05, 3.63) is 53.6 Å². The molecule has 21 nitrogen and oxygen atoms in total. The number of rotatable bonds is 15. The van der Waals surface area contributed by atoms with Gasteiger partial charge in [-0.2, -0.15) is 0 Å². The van der Waals surface area contributed by atoms with E-state index in [1.54, 1.807) is 0 Å². The Balaban J connectivity index is 1.54. The van der Waals surface area contributed by atoms with Crippen molar-refractivity contribution in [3.63, 3.8) is 0 Å². The number of aromatic hydroxyl groups is 3. The zero-order valence-corrected chi connectivity index (χ0v) is 33.8. The summed E-state index contributed by atoms with van der Waals surface area (Å²) in [7, 11) is 1.33. The molecule has 3 aliphatic heterocycles. The van der Waals surface area contributed by atoms with Crippen LogP contribution in [0, 0.1) is 0 Å². The van der Waals surface area contributed by atoms with E-state index >= 15 is 0 Å². The van der Waals surface area contributed by atoms with Crippen molar-refractivity contribution < 1.29 is 103 Å². The number of aliphatic hydroxyl groups excluding tert-OH is 5. The quantitative estimate of drug-likeness (QED) is 0.0474. The summed E-state index contributed by atoms with van der Waals surface area (Å²) in [5.41, 5.74) is 0.902. The third-order valence-corrected chi connectivity index (χ3v) is 10.1. The second-order valence-corrected chi connectivity index (χ2v) is 14.6. The number of hydrogen-bond donors (Lipinski definition) is 8. The minimum absolute atomic E-state index is 0.0977. The van der Waals surface area contributed by atoms with Gasteiger partial charge in [0.2, 0.25) is 0 Å². The highest BCUT2D eigenvalue weighted by atomic mass is 16.8. The fraction of sp³-hybridized carbons (Fsp3) is 0.575. The summed E-state index contributed by atoms with van der Waals surface area (Å²) in [6.45, 7) is 4.09. The van der Waals surface area contributed by atoms with Crippen LogP contribution in [0.1, 0.15) is 38.8 Å². The molecule has 3 fully saturated rings. The molecule has 0 aliphatic carbocycles. The zero-order valence-electron chi connectivity index (χ0n) is 33.8. The minimum atomic E-state index is -1.77. The first kappa shape index (κ1) is 47.4. The van der Waals surface area contributed by atoms with Gasteiger partial charge in [-0.1, -0.05) is 12.1 Å². The SMILES string of the molecule is COc1cc(/C=C/C(=O)O[C@@H]2[C@@H](O[C@H]3O[C@@H](C)[C@H](O)[C@@H](O)[C@H]3OC(C)=O)[C@H](OC(C)=O)[C@@H](OCCc3ccc(O)c(O)c3)O[C@H]2CO[C@H]2O[C@@H](C)[C@H](O)[C@@H](O)[C@H]2O)ccc1O. The Morgan fingerprint density at radius 3 is 1.95 bits per heavy atom. The van der Waals surface area contributed by atoms with Crippen LogP contribution >= 0.6 is 0 Å². The highest BCUT2D eigenvalue weighted by molar-refractivity contribution is 5.87. The summed E-state index contributed by atoms with van der Waals surface area (Å²) in [6, 6.07) is 8.32. The number of aliphatic hydroxyl groups is 5. The molecule has 0 aromatic heterocycles. The molecular formula is C40H52O21. The maximum absolute atomic E-state index is 13.7. The molecule has 0 saturated carbocycles. The van der Waals surface area contributed by atoms with E-state index < -0.39 is 122 Å². The number of phenols is 3. The summed E-state index contributed by atoms with van der Waals surface area (Å²) in [6.07, 6.45) is -21.1. The lowest BCUT2D eigenvalue weighted by Crippen LogP contribution is -2.66. The lowest BCUT2D eigenvalue weighted by Gasteiger charge is -2.48. The predicted octanol–water partition coefficient (Wildman–Crippen LogP) is -0.719. The van der Waals surface area contributed by atoms with Crippen LogP contribution in [-0.4, -0.2) is 171 Å². The molecular weight excluding hydrogens is 816 g/mol. The Labute approximate surface area is 349 Å². The van der Waals surface area contributed by atoms with Gasteiger partial charge in [0.05, 0.1) is 32.5 Å². The van der Waals surface area contributed by atoms with Gasteiger partial charge in [-0.15, -0.1) is 0 Å². The van der Waals surface area contributed by atoms with Crippen LogP contribution in [0.2, 0.25) is 0 Å². The number of carbonyl (C=O) groups is 3. The van der Waals surface area contributed by atoms with Crippen LogP contribution < -0.4 is 4.74 Å². The summed E-state index contributed by atoms with van der Waals surface area (Å²) < 4.78 is 58.1. The standard InChI is InChI=1S/C40H52O21/c1-17-29(47)31(49)33(51)38(55-17)54-16-27-34(60-28(46)11-8-21-7-10-24(44)26(15-21)52-5)36(61-40-35(57-19(3)41)32(50)30(48)18(2)56-40)37(58-20(4)42)39(59-27)53-13-12-22-6-9-23(43)25(45)14-22/h6-11,14-15,17-18,27,29-40,43-45,47-51H,12-13,16H2,1-5H3/b11-8+/t17-,18-,27-,29-,30-,31+,32+,33+,34-,35+,36+,37-,38-,39-,40+/m0/s1. The molecule has 338 valence electrons. The molecule has 21 heteroatoms. The Morgan fingerprint density at radius 1 is 0.656 bits per heavy atom. The molecule has 0 bridgehead atoms. The number of methoxy groups -OCH3 is 1. The second-order valence-electron chi connectivity index (χ2n) is 14.6. The normalized spacial score (nSPS) is 34.1. The molecule has 15 atom stereocenters. The van der Waals surface area contributed by atoms with Crippen LogP contribution in [0.4, 0.5) is 0 Å². The van der Waals surface area contributed by atoms with Gasteiger partial charge in [-0.05, 0) is 61.7 Å². The largest absolute Gasteiger partial charge is 0.504 e. The molecule has 3 heterocycles. The number of benzene rings is 2. The number of esters is 3. The first-order valence-corrected chi connectivity index (χ1v) is 19.2. The Hall–Kier alpha value is -4.65. The van der Waals surface area contributed by atoms with E-state index in [4.69, 9.17) is 47.4 Å². The molecule has 3 aliphatic rings. The highest BCUT2D eigenvalue weighted by Crippen LogP contribution is 2.35. The first-order valence-electron chi connectivity index (χ1n) is 19.2. The van der Waals surface area contributed by atoms with Gasteiger partial charge in [0.1, 0.15) is 42.7 Å². The molecule has 5 rings (SSSR count). The second kappa shape index (κ2) is 20.9. The Kier molecular flexibility index (Phi) is 16.3.